The maximum Gasteiger partial charge on any atom is 0.306 e. The summed E-state index contributed by atoms with van der Waals surface area (Å²) in [7, 11) is 0. The number of carboxylic acids is 1. The fraction of sp³-hybridized carbons (Fsp3) is 0.889. The summed E-state index contributed by atoms with van der Waals surface area (Å²) in [6.45, 7) is 7.99. The lowest BCUT2D eigenvalue weighted by atomic mass is 9.48. The van der Waals surface area contributed by atoms with Crippen LogP contribution in [0.3, 0.4) is 0 Å². The van der Waals surface area contributed by atoms with E-state index in [9.17, 15) is 24.3 Å². The quantitative estimate of drug-likeness (QED) is 0.132. The first-order valence-corrected chi connectivity index (χ1v) is 18.3. The van der Waals surface area contributed by atoms with Crippen LogP contribution in [0.4, 0.5) is 0 Å². The molecule has 270 valence electrons. The summed E-state index contributed by atoms with van der Waals surface area (Å²) in [6, 6.07) is 0. The fourth-order valence-corrected chi connectivity index (χ4v) is 8.95. The Morgan fingerprint density at radius 1 is 0.766 bits per heavy atom. The fourth-order valence-electron chi connectivity index (χ4n) is 8.95. The molecule has 3 aliphatic carbocycles. The van der Waals surface area contributed by atoms with E-state index in [0.717, 1.165) is 25.7 Å². The Balaban J connectivity index is 1.97. The van der Waals surface area contributed by atoms with E-state index < -0.39 is 5.97 Å². The van der Waals surface area contributed by atoms with Gasteiger partial charge in [0, 0.05) is 31.6 Å². The molecule has 3 aliphatic rings. The standard InChI is InChI=1S/C36H63N3O8/c1-23(11-13-31(40)41)25-12-10-24(2)35-29(22-28(19-25)46-33(43)8-5-17-38)36(3)15-14-27(45-32(42)7-4-16-37)20-26(36)21-30(35)47-34(44)9-6-18-39/h23-30,35H,4-22,37-39H2,1-3H3,(H,40,41). The lowest BCUT2D eigenvalue weighted by molar-refractivity contribution is -0.185. The normalized spacial score (nSPS) is 33.1. The minimum absolute atomic E-state index is 0.0695. The van der Waals surface area contributed by atoms with Crippen LogP contribution >= 0.6 is 0 Å². The third-order valence-corrected chi connectivity index (χ3v) is 11.7. The molecule has 10 atom stereocenters. The van der Waals surface area contributed by atoms with Crippen LogP contribution in [0.1, 0.15) is 124 Å². The van der Waals surface area contributed by atoms with E-state index in [-0.39, 0.29) is 96.4 Å². The molecular formula is C36H63N3O8. The average molecular weight is 666 g/mol. The van der Waals surface area contributed by atoms with E-state index in [1.165, 1.54) is 0 Å². The third-order valence-electron chi connectivity index (χ3n) is 11.7. The molecule has 11 nitrogen and oxygen atoms in total. The zero-order valence-electron chi connectivity index (χ0n) is 29.2. The lowest BCUT2D eigenvalue weighted by Gasteiger charge is -2.58. The van der Waals surface area contributed by atoms with Gasteiger partial charge in [-0.1, -0.05) is 27.2 Å². The number of carbonyl (C=O) groups is 4. The van der Waals surface area contributed by atoms with Gasteiger partial charge in [-0.2, -0.15) is 0 Å². The Hall–Kier alpha value is -2.24. The minimum Gasteiger partial charge on any atom is -0.481 e. The first-order valence-electron chi connectivity index (χ1n) is 18.3. The van der Waals surface area contributed by atoms with Gasteiger partial charge in [-0.3, -0.25) is 19.2 Å². The van der Waals surface area contributed by atoms with Gasteiger partial charge in [-0.05, 0) is 125 Å². The van der Waals surface area contributed by atoms with Crippen molar-refractivity contribution in [2.24, 2.45) is 58.1 Å². The van der Waals surface area contributed by atoms with Gasteiger partial charge in [0.05, 0.1) is 0 Å². The average Bonchev–Trinajstić information content (AvgIpc) is 3.09. The van der Waals surface area contributed by atoms with Crippen LogP contribution in [0.2, 0.25) is 0 Å². The van der Waals surface area contributed by atoms with Crippen molar-refractivity contribution in [1.82, 2.24) is 0 Å². The summed E-state index contributed by atoms with van der Waals surface area (Å²) in [5.41, 5.74) is 16.9. The van der Waals surface area contributed by atoms with Crippen molar-refractivity contribution in [2.45, 2.75) is 142 Å². The number of esters is 3. The molecule has 0 aromatic carbocycles. The predicted molar refractivity (Wildman–Crippen MR) is 179 cm³/mol. The van der Waals surface area contributed by atoms with Crippen LogP contribution in [-0.2, 0) is 33.4 Å². The second-order valence-corrected chi connectivity index (χ2v) is 15.0. The lowest BCUT2D eigenvalue weighted by Crippen LogP contribution is -2.56. The second-order valence-electron chi connectivity index (χ2n) is 15.0. The van der Waals surface area contributed by atoms with Gasteiger partial charge in [0.1, 0.15) is 18.3 Å². The molecule has 0 aliphatic heterocycles. The van der Waals surface area contributed by atoms with Gasteiger partial charge < -0.3 is 36.5 Å². The molecular weight excluding hydrogens is 602 g/mol. The SMILES string of the molecule is CC(CCC(=O)O)C1CCC(C)C2C(OC(=O)CCCN)CC3CC(OC(=O)CCCN)CCC3(C)C2CC(OC(=O)CCCN)C1. The van der Waals surface area contributed by atoms with Gasteiger partial charge in [0.2, 0.25) is 0 Å². The number of ether oxygens (including phenoxy) is 3. The number of hydrogen-bond acceptors (Lipinski definition) is 10. The van der Waals surface area contributed by atoms with Crippen molar-refractivity contribution >= 4 is 23.9 Å². The molecule has 0 spiro atoms. The number of rotatable bonds is 16. The Kier molecular flexibility index (Phi) is 15.9. The Bertz CT molecular complexity index is 1030. The summed E-state index contributed by atoms with van der Waals surface area (Å²) in [6.07, 6.45) is 8.54. The van der Waals surface area contributed by atoms with E-state index in [1.807, 2.05) is 0 Å². The maximum atomic E-state index is 13.1. The van der Waals surface area contributed by atoms with E-state index in [0.29, 0.717) is 77.4 Å². The number of carboxylic acid groups (broad SMARTS) is 1. The number of fused-ring (bicyclic) bond motifs is 3. The van der Waals surface area contributed by atoms with Crippen LogP contribution < -0.4 is 17.2 Å². The maximum absolute atomic E-state index is 13.1. The molecule has 3 fully saturated rings. The van der Waals surface area contributed by atoms with Crippen molar-refractivity contribution in [3.05, 3.63) is 0 Å². The zero-order chi connectivity index (χ0) is 34.6. The Morgan fingerprint density at radius 3 is 1.91 bits per heavy atom. The largest absolute Gasteiger partial charge is 0.481 e. The highest BCUT2D eigenvalue weighted by Gasteiger charge is 2.57. The summed E-state index contributed by atoms with van der Waals surface area (Å²) in [4.78, 5) is 50.2. The summed E-state index contributed by atoms with van der Waals surface area (Å²) >= 11 is 0. The molecule has 0 aromatic rings. The van der Waals surface area contributed by atoms with Crippen LogP contribution in [-0.4, -0.2) is 66.9 Å². The number of carbonyl (C=O) groups excluding carboxylic acids is 3. The van der Waals surface area contributed by atoms with Crippen molar-refractivity contribution in [3.63, 3.8) is 0 Å². The third kappa shape index (κ3) is 11.4. The molecule has 47 heavy (non-hydrogen) atoms. The molecule has 0 bridgehead atoms. The van der Waals surface area contributed by atoms with Crippen molar-refractivity contribution in [3.8, 4) is 0 Å². The number of aliphatic carboxylic acids is 1. The Labute approximate surface area is 281 Å². The van der Waals surface area contributed by atoms with Crippen molar-refractivity contribution in [2.75, 3.05) is 19.6 Å². The molecule has 0 saturated heterocycles. The molecule has 0 heterocycles. The zero-order valence-corrected chi connectivity index (χ0v) is 29.2. The van der Waals surface area contributed by atoms with E-state index in [1.54, 1.807) is 0 Å². The molecule has 3 saturated carbocycles. The molecule has 10 unspecified atom stereocenters. The van der Waals surface area contributed by atoms with Crippen LogP contribution in [0.25, 0.3) is 0 Å². The smallest absolute Gasteiger partial charge is 0.306 e. The number of nitrogens with two attached hydrogens (primary N) is 3. The van der Waals surface area contributed by atoms with Gasteiger partial charge in [0.25, 0.3) is 0 Å². The molecule has 0 amide bonds. The molecule has 0 radical (unpaired) electrons. The summed E-state index contributed by atoms with van der Waals surface area (Å²) < 4.78 is 18.5. The summed E-state index contributed by atoms with van der Waals surface area (Å²) in [5, 5.41) is 9.38. The number of hydrogen-bond donors (Lipinski definition) is 4. The molecule has 0 aromatic heterocycles. The topological polar surface area (TPSA) is 194 Å². The monoisotopic (exact) mass is 665 g/mol. The molecule has 11 heteroatoms. The highest BCUT2D eigenvalue weighted by Crippen LogP contribution is 2.60. The molecule has 7 N–H and O–H groups in total. The van der Waals surface area contributed by atoms with E-state index in [2.05, 4.69) is 20.8 Å². The van der Waals surface area contributed by atoms with Gasteiger partial charge in [0.15, 0.2) is 0 Å². The second kappa shape index (κ2) is 19.1. The highest BCUT2D eigenvalue weighted by atomic mass is 16.6. The minimum atomic E-state index is -0.803. The predicted octanol–water partition coefficient (Wildman–Crippen LogP) is 4.71. The van der Waals surface area contributed by atoms with Crippen molar-refractivity contribution in [1.29, 1.82) is 0 Å². The van der Waals surface area contributed by atoms with Crippen molar-refractivity contribution < 1.29 is 38.5 Å². The Morgan fingerprint density at radius 2 is 1.34 bits per heavy atom. The molecule has 3 rings (SSSR count). The van der Waals surface area contributed by atoms with Gasteiger partial charge in [-0.25, -0.2) is 0 Å². The highest BCUT2D eigenvalue weighted by molar-refractivity contribution is 5.70. The van der Waals surface area contributed by atoms with E-state index >= 15 is 0 Å². The first-order chi connectivity index (χ1) is 22.4. The van der Waals surface area contributed by atoms with E-state index in [4.69, 9.17) is 31.4 Å². The van der Waals surface area contributed by atoms with Gasteiger partial charge >= 0.3 is 23.9 Å². The summed E-state index contributed by atoms with van der Waals surface area (Å²) in [5.74, 6) is -0.589. The first kappa shape index (κ1) is 39.2. The van der Waals surface area contributed by atoms with Crippen LogP contribution in [0.5, 0.6) is 0 Å². The van der Waals surface area contributed by atoms with Gasteiger partial charge in [-0.15, -0.1) is 0 Å². The van der Waals surface area contributed by atoms with Crippen LogP contribution in [0.15, 0.2) is 0 Å². The van der Waals surface area contributed by atoms with Crippen LogP contribution in [0, 0.1) is 40.9 Å².